The van der Waals surface area contributed by atoms with Gasteiger partial charge in [-0.05, 0) is 92.4 Å². The summed E-state index contributed by atoms with van der Waals surface area (Å²) in [5.41, 5.74) is 0.186. The maximum atomic E-state index is 13.1. The number of aromatic nitrogens is 2. The lowest BCUT2D eigenvalue weighted by Crippen LogP contribution is -2.48. The van der Waals surface area contributed by atoms with Crippen molar-refractivity contribution < 1.29 is 9.90 Å². The van der Waals surface area contributed by atoms with Crippen molar-refractivity contribution in [3.05, 3.63) is 18.5 Å². The normalized spacial score (nSPS) is 40.1. The van der Waals surface area contributed by atoms with Gasteiger partial charge >= 0.3 is 0 Å². The first-order valence-corrected chi connectivity index (χ1v) is 11.7. The molecule has 1 aromatic rings. The number of aliphatic hydroxyl groups is 1. The second-order valence-electron chi connectivity index (χ2n) is 10.1. The number of fused-ring (bicyclic) bond motifs is 3. The molecule has 4 nitrogen and oxygen atoms in total. The van der Waals surface area contributed by atoms with Crippen LogP contribution >= 0.6 is 0 Å². The Morgan fingerprint density at radius 2 is 2.07 bits per heavy atom. The zero-order chi connectivity index (χ0) is 19.7. The van der Waals surface area contributed by atoms with Gasteiger partial charge < -0.3 is 5.11 Å². The smallest absolute Gasteiger partial charge is 0.157 e. The molecular weight excluding hydrogens is 348 g/mol. The fourth-order valence-corrected chi connectivity index (χ4v) is 7.71. The number of aliphatic hydroxyl groups excluding tert-OH is 1. The molecule has 7 atom stereocenters. The van der Waals surface area contributed by atoms with E-state index in [0.717, 1.165) is 36.5 Å². The summed E-state index contributed by atoms with van der Waals surface area (Å²) >= 11 is 0. The summed E-state index contributed by atoms with van der Waals surface area (Å²) in [6, 6.07) is 1.90. The van der Waals surface area contributed by atoms with Gasteiger partial charge in [0.05, 0.1) is 6.54 Å². The van der Waals surface area contributed by atoms with Crippen molar-refractivity contribution >= 4 is 5.78 Å². The second kappa shape index (κ2) is 8.30. The third-order valence-corrected chi connectivity index (χ3v) is 9.00. The van der Waals surface area contributed by atoms with Crippen LogP contribution in [-0.2, 0) is 11.3 Å². The molecule has 4 rings (SSSR count). The number of carbonyl (C=O) groups is 1. The molecule has 0 spiro atoms. The van der Waals surface area contributed by atoms with Gasteiger partial charge in [0.2, 0.25) is 0 Å². The Bertz CT molecular complexity index is 658. The molecule has 3 fully saturated rings. The lowest BCUT2D eigenvalue weighted by atomic mass is 9.50. The molecule has 0 aromatic carbocycles. The Balaban J connectivity index is 1.50. The quantitative estimate of drug-likeness (QED) is 0.738. The summed E-state index contributed by atoms with van der Waals surface area (Å²) < 4.78 is 1.79. The predicted molar refractivity (Wildman–Crippen MR) is 111 cm³/mol. The van der Waals surface area contributed by atoms with Gasteiger partial charge in [0.25, 0.3) is 0 Å². The fourth-order valence-electron chi connectivity index (χ4n) is 7.71. The van der Waals surface area contributed by atoms with Gasteiger partial charge in [-0.25, -0.2) is 0 Å². The van der Waals surface area contributed by atoms with Crippen LogP contribution in [0.15, 0.2) is 18.5 Å². The van der Waals surface area contributed by atoms with E-state index in [4.69, 9.17) is 0 Å². The van der Waals surface area contributed by atoms with Crippen molar-refractivity contribution in [1.29, 1.82) is 0 Å². The van der Waals surface area contributed by atoms with Crippen LogP contribution in [0.1, 0.15) is 71.6 Å². The van der Waals surface area contributed by atoms with E-state index in [9.17, 15) is 9.90 Å². The van der Waals surface area contributed by atoms with Crippen molar-refractivity contribution in [1.82, 2.24) is 9.78 Å². The molecule has 28 heavy (non-hydrogen) atoms. The average Bonchev–Trinajstić information content (AvgIpc) is 3.32. The zero-order valence-corrected chi connectivity index (χ0v) is 17.7. The summed E-state index contributed by atoms with van der Waals surface area (Å²) in [6.45, 7) is 5.55. The average molecular weight is 387 g/mol. The molecule has 0 saturated heterocycles. The molecule has 3 aliphatic carbocycles. The minimum Gasteiger partial charge on any atom is -0.396 e. The van der Waals surface area contributed by atoms with Crippen LogP contribution in [0.2, 0.25) is 0 Å². The van der Waals surface area contributed by atoms with E-state index >= 15 is 0 Å². The Labute approximate surface area is 170 Å². The molecule has 3 saturated carbocycles. The van der Waals surface area contributed by atoms with Gasteiger partial charge in [0.1, 0.15) is 0 Å². The summed E-state index contributed by atoms with van der Waals surface area (Å²) in [7, 11) is 0. The highest BCUT2D eigenvalue weighted by molar-refractivity contribution is 5.82. The first-order valence-electron chi connectivity index (χ1n) is 11.7. The van der Waals surface area contributed by atoms with E-state index in [2.05, 4.69) is 18.9 Å². The Morgan fingerprint density at radius 1 is 1.21 bits per heavy atom. The van der Waals surface area contributed by atoms with E-state index in [0.29, 0.717) is 24.9 Å². The van der Waals surface area contributed by atoms with Crippen LogP contribution < -0.4 is 0 Å². The molecular formula is C24H38N2O2. The molecule has 4 heteroatoms. The molecule has 3 aliphatic rings. The monoisotopic (exact) mass is 386 g/mol. The largest absolute Gasteiger partial charge is 0.396 e. The van der Waals surface area contributed by atoms with Crippen LogP contribution in [0, 0.1) is 40.9 Å². The number of ketones is 1. The molecule has 0 unspecified atom stereocenters. The van der Waals surface area contributed by atoms with Gasteiger partial charge in [-0.3, -0.25) is 9.48 Å². The molecule has 1 aromatic heterocycles. The van der Waals surface area contributed by atoms with Gasteiger partial charge in [-0.2, -0.15) is 5.10 Å². The lowest BCUT2D eigenvalue weighted by molar-refractivity contribution is -0.130. The topological polar surface area (TPSA) is 55.1 Å². The van der Waals surface area contributed by atoms with Crippen molar-refractivity contribution in [2.45, 2.75) is 78.2 Å². The number of rotatable bonds is 7. The maximum Gasteiger partial charge on any atom is 0.157 e. The first kappa shape index (κ1) is 20.1. The number of hydrogen-bond donors (Lipinski definition) is 1. The molecule has 0 radical (unpaired) electrons. The Hall–Kier alpha value is -1.16. The van der Waals surface area contributed by atoms with E-state index in [1.54, 1.807) is 10.9 Å². The minimum atomic E-state index is 0.186. The van der Waals surface area contributed by atoms with Gasteiger partial charge in [0.15, 0.2) is 5.78 Å². The van der Waals surface area contributed by atoms with E-state index in [1.807, 2.05) is 12.3 Å². The van der Waals surface area contributed by atoms with Gasteiger partial charge in [-0.1, -0.05) is 20.3 Å². The standard InChI is InChI=1S/C24H38N2O2/c1-3-17-7-8-20-19(18(17)6-4-15-27)11-12-24(2)21(20)9-10-22(24)23(28)16-26-14-5-13-25-26/h5,13-14,17-22,27H,3-4,6-12,15-16H2,1-2H3/t17-,18-,19+,20+,21-,22+,24-/m0/s1. The van der Waals surface area contributed by atoms with Gasteiger partial charge in [-0.15, -0.1) is 0 Å². The van der Waals surface area contributed by atoms with E-state index in [-0.39, 0.29) is 11.3 Å². The summed E-state index contributed by atoms with van der Waals surface area (Å²) in [6.07, 6.45) is 14.6. The number of hydrogen-bond acceptors (Lipinski definition) is 3. The summed E-state index contributed by atoms with van der Waals surface area (Å²) in [5, 5.41) is 13.7. The van der Waals surface area contributed by atoms with Crippen LogP contribution in [0.3, 0.4) is 0 Å². The maximum absolute atomic E-state index is 13.1. The fraction of sp³-hybridized carbons (Fsp3) is 0.833. The van der Waals surface area contributed by atoms with Crippen LogP contribution in [0.25, 0.3) is 0 Å². The Morgan fingerprint density at radius 3 is 2.79 bits per heavy atom. The predicted octanol–water partition coefficient (Wildman–Crippen LogP) is 4.72. The van der Waals surface area contributed by atoms with Crippen molar-refractivity contribution in [3.63, 3.8) is 0 Å². The Kier molecular flexibility index (Phi) is 5.96. The van der Waals surface area contributed by atoms with Crippen LogP contribution in [-0.4, -0.2) is 27.3 Å². The highest BCUT2D eigenvalue weighted by Crippen LogP contribution is 2.63. The van der Waals surface area contributed by atoms with Crippen molar-refractivity contribution in [2.75, 3.05) is 6.61 Å². The number of carbonyl (C=O) groups excluding carboxylic acids is 1. The molecule has 0 bridgehead atoms. The third-order valence-electron chi connectivity index (χ3n) is 9.00. The molecule has 0 amide bonds. The summed E-state index contributed by atoms with van der Waals surface area (Å²) in [5.74, 6) is 4.58. The summed E-state index contributed by atoms with van der Waals surface area (Å²) in [4.78, 5) is 13.1. The second-order valence-corrected chi connectivity index (χ2v) is 10.1. The minimum absolute atomic E-state index is 0.186. The number of Topliss-reactive ketones (excluding diaryl/α,β-unsaturated/α-hetero) is 1. The third kappa shape index (κ3) is 3.46. The van der Waals surface area contributed by atoms with E-state index < -0.39 is 0 Å². The molecule has 1 N–H and O–H groups in total. The van der Waals surface area contributed by atoms with Crippen molar-refractivity contribution in [2.24, 2.45) is 40.9 Å². The molecule has 0 aliphatic heterocycles. The first-order chi connectivity index (χ1) is 13.6. The molecule has 1 heterocycles. The molecule has 156 valence electrons. The SMILES string of the molecule is CC[C@H]1CC[C@@H]2[C@H](CC[C@]3(C)[C@@H](C(=O)Cn4cccn4)CC[C@@H]23)[C@H]1CCCO. The van der Waals surface area contributed by atoms with E-state index in [1.165, 1.54) is 44.9 Å². The van der Waals surface area contributed by atoms with Crippen molar-refractivity contribution in [3.8, 4) is 0 Å². The van der Waals surface area contributed by atoms with Crippen LogP contribution in [0.4, 0.5) is 0 Å². The van der Waals surface area contributed by atoms with Crippen LogP contribution in [0.5, 0.6) is 0 Å². The highest BCUT2D eigenvalue weighted by Gasteiger charge is 2.57. The number of nitrogens with zero attached hydrogens (tertiary/aromatic N) is 2. The zero-order valence-electron chi connectivity index (χ0n) is 17.7. The van der Waals surface area contributed by atoms with Gasteiger partial charge in [0, 0.05) is 24.9 Å². The lowest BCUT2D eigenvalue weighted by Gasteiger charge is -2.54. The highest BCUT2D eigenvalue weighted by atomic mass is 16.2.